The summed E-state index contributed by atoms with van der Waals surface area (Å²) in [6.45, 7) is 4.01. The van der Waals surface area contributed by atoms with Crippen LogP contribution in [0.4, 0.5) is 5.82 Å². The number of nitrogens with two attached hydrogens (primary N) is 1. The van der Waals surface area contributed by atoms with Crippen molar-refractivity contribution in [3.05, 3.63) is 23.4 Å². The van der Waals surface area contributed by atoms with Gasteiger partial charge in [-0.3, -0.25) is 4.79 Å². The van der Waals surface area contributed by atoms with E-state index in [2.05, 4.69) is 22.7 Å². The molecule has 0 bridgehead atoms. The van der Waals surface area contributed by atoms with E-state index in [1.807, 2.05) is 18.7 Å². The number of anilines is 1. The summed E-state index contributed by atoms with van der Waals surface area (Å²) in [7, 11) is 0. The summed E-state index contributed by atoms with van der Waals surface area (Å²) in [4.78, 5) is 16.5. The summed E-state index contributed by atoms with van der Waals surface area (Å²) in [5, 5.41) is 3.69. The summed E-state index contributed by atoms with van der Waals surface area (Å²) < 4.78 is 0. The van der Waals surface area contributed by atoms with Gasteiger partial charge in [-0.15, -0.1) is 0 Å². The number of amides is 1. The lowest BCUT2D eigenvalue weighted by Crippen LogP contribution is -2.38. The van der Waals surface area contributed by atoms with E-state index >= 15 is 0 Å². The highest BCUT2D eigenvalue weighted by molar-refractivity contribution is 7.99. The van der Waals surface area contributed by atoms with Crippen LogP contribution in [0.15, 0.2) is 12.1 Å². The Hall–Kier alpha value is -1.27. The second kappa shape index (κ2) is 6.95. The third kappa shape index (κ3) is 3.64. The Morgan fingerprint density at radius 2 is 2.30 bits per heavy atom. The van der Waals surface area contributed by atoms with Crippen LogP contribution >= 0.6 is 11.8 Å². The molecule has 1 fully saturated rings. The molecular formula is C14H22N4OS. The number of hydrogen-bond donors (Lipinski definition) is 3. The molecule has 0 aliphatic heterocycles. The molecule has 5 nitrogen and oxygen atoms in total. The van der Waals surface area contributed by atoms with E-state index in [1.54, 1.807) is 12.1 Å². The van der Waals surface area contributed by atoms with Crippen LogP contribution in [0.25, 0.3) is 0 Å². The first kappa shape index (κ1) is 15.1. The highest BCUT2D eigenvalue weighted by Crippen LogP contribution is 2.30. The van der Waals surface area contributed by atoms with Crippen LogP contribution in [0.2, 0.25) is 0 Å². The molecule has 0 radical (unpaired) electrons. The Balaban J connectivity index is 2.06. The van der Waals surface area contributed by atoms with Crippen molar-refractivity contribution >= 4 is 23.5 Å². The van der Waals surface area contributed by atoms with Gasteiger partial charge in [-0.1, -0.05) is 13.3 Å². The van der Waals surface area contributed by atoms with Crippen molar-refractivity contribution < 1.29 is 4.79 Å². The zero-order chi connectivity index (χ0) is 14.5. The first-order chi connectivity index (χ1) is 9.63. The zero-order valence-electron chi connectivity index (χ0n) is 12.0. The van der Waals surface area contributed by atoms with Gasteiger partial charge < -0.3 is 10.7 Å². The van der Waals surface area contributed by atoms with E-state index in [4.69, 9.17) is 5.84 Å². The smallest absolute Gasteiger partial charge is 0.251 e. The lowest BCUT2D eigenvalue weighted by molar-refractivity contribution is 0.0938. The molecule has 0 aromatic carbocycles. The van der Waals surface area contributed by atoms with E-state index in [1.165, 1.54) is 12.8 Å². The normalized spacial score (nSPS) is 21.8. The quantitative estimate of drug-likeness (QED) is 0.572. The Labute approximate surface area is 124 Å². The van der Waals surface area contributed by atoms with Crippen molar-refractivity contribution in [2.45, 2.75) is 44.4 Å². The molecule has 2 atom stereocenters. The third-order valence-electron chi connectivity index (χ3n) is 3.51. The Bertz CT molecular complexity index is 480. The number of carbonyl (C=O) groups excluding carboxylic acids is 1. The van der Waals surface area contributed by atoms with E-state index < -0.39 is 0 Å². The van der Waals surface area contributed by atoms with E-state index in [0.717, 1.165) is 17.9 Å². The highest BCUT2D eigenvalue weighted by Gasteiger charge is 2.28. The molecule has 1 aliphatic carbocycles. The van der Waals surface area contributed by atoms with Crippen LogP contribution in [-0.2, 0) is 0 Å². The highest BCUT2D eigenvalue weighted by atomic mass is 32.2. The first-order valence-electron chi connectivity index (χ1n) is 7.01. The fraction of sp³-hybridized carbons (Fsp3) is 0.571. The lowest BCUT2D eigenvalue weighted by atomic mass is 10.2. The van der Waals surface area contributed by atoms with Gasteiger partial charge in [0.25, 0.3) is 5.91 Å². The predicted molar refractivity (Wildman–Crippen MR) is 83.8 cm³/mol. The SMILES string of the molecule is CCSC1CCCC1NC(=O)c1cc(C)nc(NN)c1. The van der Waals surface area contributed by atoms with Gasteiger partial charge in [0.1, 0.15) is 5.82 Å². The average Bonchev–Trinajstić information content (AvgIpc) is 2.85. The number of rotatable bonds is 5. The van der Waals surface area contributed by atoms with Gasteiger partial charge in [-0.05, 0) is 37.7 Å². The number of thioether (sulfide) groups is 1. The molecule has 1 amide bonds. The topological polar surface area (TPSA) is 80.0 Å². The minimum atomic E-state index is -0.0411. The monoisotopic (exact) mass is 294 g/mol. The predicted octanol–water partition coefficient (Wildman–Crippen LogP) is 2.08. The van der Waals surface area contributed by atoms with Crippen molar-refractivity contribution in [1.82, 2.24) is 10.3 Å². The average molecular weight is 294 g/mol. The van der Waals surface area contributed by atoms with Gasteiger partial charge in [-0.2, -0.15) is 11.8 Å². The van der Waals surface area contributed by atoms with Crippen LogP contribution in [0.3, 0.4) is 0 Å². The molecule has 1 saturated carbocycles. The maximum absolute atomic E-state index is 12.4. The summed E-state index contributed by atoms with van der Waals surface area (Å²) in [6.07, 6.45) is 3.44. The molecule has 110 valence electrons. The standard InChI is InChI=1S/C14H22N4OS/c1-3-20-12-6-4-5-11(12)17-14(19)10-7-9(2)16-13(8-10)18-15/h7-8,11-12H,3-6,15H2,1-2H3,(H,16,18)(H,17,19). The van der Waals surface area contributed by atoms with Crippen LogP contribution < -0.4 is 16.6 Å². The van der Waals surface area contributed by atoms with E-state index in [9.17, 15) is 4.79 Å². The van der Waals surface area contributed by atoms with Crippen molar-refractivity contribution in [2.75, 3.05) is 11.2 Å². The fourth-order valence-electron chi connectivity index (χ4n) is 2.63. The minimum absolute atomic E-state index is 0.0411. The number of hydrazine groups is 1. The van der Waals surface area contributed by atoms with Gasteiger partial charge in [0.15, 0.2) is 0 Å². The maximum Gasteiger partial charge on any atom is 0.251 e. The largest absolute Gasteiger partial charge is 0.348 e. The molecule has 2 unspecified atom stereocenters. The van der Waals surface area contributed by atoms with E-state index in [-0.39, 0.29) is 11.9 Å². The number of aryl methyl sites for hydroxylation is 1. The number of aromatic nitrogens is 1. The summed E-state index contributed by atoms with van der Waals surface area (Å²) in [6, 6.07) is 3.74. The van der Waals surface area contributed by atoms with Crippen LogP contribution in [-0.4, -0.2) is 27.9 Å². The Morgan fingerprint density at radius 1 is 1.50 bits per heavy atom. The van der Waals surface area contributed by atoms with E-state index in [0.29, 0.717) is 16.6 Å². The second-order valence-corrected chi connectivity index (χ2v) is 6.55. The van der Waals surface area contributed by atoms with Crippen LogP contribution in [0, 0.1) is 6.92 Å². The number of carbonyl (C=O) groups is 1. The minimum Gasteiger partial charge on any atom is -0.348 e. The van der Waals surface area contributed by atoms with Gasteiger partial charge >= 0.3 is 0 Å². The van der Waals surface area contributed by atoms with Gasteiger partial charge in [-0.25, -0.2) is 10.8 Å². The Kier molecular flexibility index (Phi) is 5.25. The fourth-order valence-corrected chi connectivity index (χ4v) is 3.83. The Morgan fingerprint density at radius 3 is 3.00 bits per heavy atom. The molecule has 6 heteroatoms. The first-order valence-corrected chi connectivity index (χ1v) is 8.06. The molecule has 2 rings (SSSR count). The third-order valence-corrected chi connectivity index (χ3v) is 4.84. The molecule has 1 aromatic heterocycles. The van der Waals surface area contributed by atoms with Crippen molar-refractivity contribution in [3.8, 4) is 0 Å². The number of nitrogens with zero attached hydrogens (tertiary/aromatic N) is 1. The zero-order valence-corrected chi connectivity index (χ0v) is 12.8. The summed E-state index contributed by atoms with van der Waals surface area (Å²) in [5.41, 5.74) is 3.87. The van der Waals surface area contributed by atoms with Gasteiger partial charge in [0.2, 0.25) is 0 Å². The number of nitrogen functional groups attached to an aromatic ring is 1. The van der Waals surface area contributed by atoms with Crippen LogP contribution in [0.5, 0.6) is 0 Å². The summed E-state index contributed by atoms with van der Waals surface area (Å²) in [5.74, 6) is 6.93. The molecule has 1 heterocycles. The van der Waals surface area contributed by atoms with Crippen molar-refractivity contribution in [2.24, 2.45) is 5.84 Å². The lowest BCUT2D eigenvalue weighted by Gasteiger charge is -2.20. The number of hydrogen-bond acceptors (Lipinski definition) is 5. The number of pyridine rings is 1. The molecular weight excluding hydrogens is 272 g/mol. The second-order valence-electron chi connectivity index (χ2n) is 5.03. The maximum atomic E-state index is 12.4. The van der Waals surface area contributed by atoms with Crippen LogP contribution in [0.1, 0.15) is 42.2 Å². The van der Waals surface area contributed by atoms with Crippen molar-refractivity contribution in [1.29, 1.82) is 0 Å². The molecule has 1 aliphatic rings. The summed E-state index contributed by atoms with van der Waals surface area (Å²) >= 11 is 1.94. The number of nitrogens with one attached hydrogen (secondary N) is 2. The van der Waals surface area contributed by atoms with Gasteiger partial charge in [0.05, 0.1) is 0 Å². The molecule has 1 aromatic rings. The molecule has 0 saturated heterocycles. The molecule has 4 N–H and O–H groups in total. The molecule has 0 spiro atoms. The van der Waals surface area contributed by atoms with Gasteiger partial charge in [0, 0.05) is 22.5 Å². The van der Waals surface area contributed by atoms with Crippen molar-refractivity contribution in [3.63, 3.8) is 0 Å². The molecule has 20 heavy (non-hydrogen) atoms.